The van der Waals surface area contributed by atoms with Crippen molar-refractivity contribution in [3.05, 3.63) is 12.2 Å². The summed E-state index contributed by atoms with van der Waals surface area (Å²) in [6, 6.07) is 0. The standard InChI is InChI=1S/C18H28O6/c1-8-10-18(9-2)12(15(20)23-17(5,6)7)13(16(21)24-18)22-14(19)11(3)4/h12-13H,3,8-10H2,1-2,4-7H3. The van der Waals surface area contributed by atoms with Crippen molar-refractivity contribution in [2.24, 2.45) is 5.92 Å². The fourth-order valence-electron chi connectivity index (χ4n) is 2.87. The van der Waals surface area contributed by atoms with E-state index in [-0.39, 0.29) is 5.57 Å². The van der Waals surface area contributed by atoms with Gasteiger partial charge in [-0.2, -0.15) is 0 Å². The van der Waals surface area contributed by atoms with Crippen LogP contribution in [0.5, 0.6) is 0 Å². The third kappa shape index (κ3) is 4.36. The van der Waals surface area contributed by atoms with Crippen molar-refractivity contribution in [1.29, 1.82) is 0 Å². The molecule has 136 valence electrons. The zero-order valence-electron chi connectivity index (χ0n) is 15.4. The van der Waals surface area contributed by atoms with Crippen LogP contribution in [0.25, 0.3) is 0 Å². The molecule has 0 spiro atoms. The van der Waals surface area contributed by atoms with Crippen molar-refractivity contribution < 1.29 is 28.6 Å². The molecule has 0 amide bonds. The summed E-state index contributed by atoms with van der Waals surface area (Å²) in [5.74, 6) is -3.02. The van der Waals surface area contributed by atoms with Crippen molar-refractivity contribution in [3.63, 3.8) is 0 Å². The number of ether oxygens (including phenoxy) is 3. The van der Waals surface area contributed by atoms with Gasteiger partial charge >= 0.3 is 17.9 Å². The molecule has 1 heterocycles. The van der Waals surface area contributed by atoms with Crippen LogP contribution in [0.2, 0.25) is 0 Å². The van der Waals surface area contributed by atoms with Gasteiger partial charge in [-0.25, -0.2) is 9.59 Å². The molecule has 6 heteroatoms. The summed E-state index contributed by atoms with van der Waals surface area (Å²) >= 11 is 0. The highest BCUT2D eigenvalue weighted by Crippen LogP contribution is 2.42. The summed E-state index contributed by atoms with van der Waals surface area (Å²) in [4.78, 5) is 36.9. The smallest absolute Gasteiger partial charge is 0.349 e. The Labute approximate surface area is 143 Å². The predicted molar refractivity (Wildman–Crippen MR) is 88.1 cm³/mol. The Morgan fingerprint density at radius 1 is 1.29 bits per heavy atom. The van der Waals surface area contributed by atoms with Crippen LogP contribution >= 0.6 is 0 Å². The molecule has 3 unspecified atom stereocenters. The predicted octanol–water partition coefficient (Wildman–Crippen LogP) is 2.94. The fraction of sp³-hybridized carbons (Fsp3) is 0.722. The first-order chi connectivity index (χ1) is 11.0. The normalized spacial score (nSPS) is 26.7. The van der Waals surface area contributed by atoms with Gasteiger partial charge in [-0.15, -0.1) is 0 Å². The second-order valence-corrected chi connectivity index (χ2v) is 7.21. The van der Waals surface area contributed by atoms with Crippen LogP contribution < -0.4 is 0 Å². The second kappa shape index (κ2) is 7.36. The van der Waals surface area contributed by atoms with Gasteiger partial charge in [0.05, 0.1) is 0 Å². The minimum Gasteiger partial charge on any atom is -0.460 e. The van der Waals surface area contributed by atoms with Crippen LogP contribution in [-0.4, -0.2) is 35.2 Å². The second-order valence-electron chi connectivity index (χ2n) is 7.21. The van der Waals surface area contributed by atoms with Crippen LogP contribution in [-0.2, 0) is 28.6 Å². The van der Waals surface area contributed by atoms with E-state index in [0.29, 0.717) is 19.3 Å². The van der Waals surface area contributed by atoms with Gasteiger partial charge in [0.1, 0.15) is 17.1 Å². The molecular formula is C18H28O6. The number of hydrogen-bond acceptors (Lipinski definition) is 6. The van der Waals surface area contributed by atoms with Crippen LogP contribution in [0, 0.1) is 5.92 Å². The molecule has 0 aromatic heterocycles. The lowest BCUT2D eigenvalue weighted by Gasteiger charge is -2.33. The average molecular weight is 340 g/mol. The minimum absolute atomic E-state index is 0.148. The molecule has 0 aliphatic carbocycles. The largest absolute Gasteiger partial charge is 0.460 e. The van der Waals surface area contributed by atoms with E-state index in [2.05, 4.69) is 6.58 Å². The molecule has 1 saturated heterocycles. The van der Waals surface area contributed by atoms with E-state index in [4.69, 9.17) is 14.2 Å². The van der Waals surface area contributed by atoms with Crippen molar-refractivity contribution in [2.45, 2.75) is 78.1 Å². The lowest BCUT2D eigenvalue weighted by molar-refractivity contribution is -0.172. The average Bonchev–Trinajstić information content (AvgIpc) is 2.70. The summed E-state index contributed by atoms with van der Waals surface area (Å²) in [5.41, 5.74) is -1.60. The Morgan fingerprint density at radius 3 is 2.29 bits per heavy atom. The molecule has 1 aliphatic heterocycles. The fourth-order valence-corrected chi connectivity index (χ4v) is 2.87. The Balaban J connectivity index is 3.24. The number of esters is 3. The van der Waals surface area contributed by atoms with Crippen molar-refractivity contribution in [1.82, 2.24) is 0 Å². The maximum Gasteiger partial charge on any atom is 0.349 e. The third-order valence-corrected chi connectivity index (χ3v) is 3.92. The number of carbonyl (C=O) groups excluding carboxylic acids is 3. The molecule has 24 heavy (non-hydrogen) atoms. The van der Waals surface area contributed by atoms with Gasteiger partial charge in [-0.05, 0) is 40.5 Å². The lowest BCUT2D eigenvalue weighted by Crippen LogP contribution is -2.46. The van der Waals surface area contributed by atoms with E-state index in [0.717, 1.165) is 0 Å². The van der Waals surface area contributed by atoms with E-state index in [9.17, 15) is 14.4 Å². The number of hydrogen-bond donors (Lipinski definition) is 0. The van der Waals surface area contributed by atoms with E-state index in [1.807, 2.05) is 13.8 Å². The third-order valence-electron chi connectivity index (χ3n) is 3.92. The summed E-state index contributed by atoms with van der Waals surface area (Å²) in [6.45, 7) is 14.0. The van der Waals surface area contributed by atoms with Crippen LogP contribution in [0.3, 0.4) is 0 Å². The summed E-state index contributed by atoms with van der Waals surface area (Å²) in [6.07, 6.45) is 0.315. The zero-order valence-corrected chi connectivity index (χ0v) is 15.4. The molecule has 0 saturated carbocycles. The molecule has 0 N–H and O–H groups in total. The van der Waals surface area contributed by atoms with Gasteiger partial charge in [0.2, 0.25) is 6.10 Å². The van der Waals surface area contributed by atoms with E-state index in [1.54, 1.807) is 20.8 Å². The van der Waals surface area contributed by atoms with Gasteiger partial charge < -0.3 is 14.2 Å². The van der Waals surface area contributed by atoms with Crippen molar-refractivity contribution >= 4 is 17.9 Å². The molecular weight excluding hydrogens is 312 g/mol. The molecule has 0 aromatic rings. The van der Waals surface area contributed by atoms with E-state index < -0.39 is 41.1 Å². The maximum absolute atomic E-state index is 12.7. The van der Waals surface area contributed by atoms with Gasteiger partial charge in [-0.1, -0.05) is 26.8 Å². The molecule has 0 bridgehead atoms. The minimum atomic E-state index is -1.31. The summed E-state index contributed by atoms with van der Waals surface area (Å²) in [5, 5.41) is 0. The first-order valence-corrected chi connectivity index (χ1v) is 8.29. The first-order valence-electron chi connectivity index (χ1n) is 8.29. The monoisotopic (exact) mass is 340 g/mol. The van der Waals surface area contributed by atoms with Crippen LogP contribution in [0.15, 0.2) is 12.2 Å². The molecule has 1 aliphatic rings. The Morgan fingerprint density at radius 2 is 1.88 bits per heavy atom. The van der Waals surface area contributed by atoms with Gasteiger partial charge in [0.15, 0.2) is 0 Å². The summed E-state index contributed by atoms with van der Waals surface area (Å²) in [7, 11) is 0. The highest BCUT2D eigenvalue weighted by atomic mass is 16.6. The van der Waals surface area contributed by atoms with Gasteiger partial charge in [0.25, 0.3) is 0 Å². The van der Waals surface area contributed by atoms with E-state index in [1.165, 1.54) is 6.92 Å². The Kier molecular flexibility index (Phi) is 6.20. The Bertz CT molecular complexity index is 530. The topological polar surface area (TPSA) is 78.9 Å². The van der Waals surface area contributed by atoms with Gasteiger partial charge in [0, 0.05) is 5.57 Å². The Hall–Kier alpha value is -1.85. The lowest BCUT2D eigenvalue weighted by atomic mass is 9.80. The number of cyclic esters (lactones) is 1. The van der Waals surface area contributed by atoms with Crippen LogP contribution in [0.4, 0.5) is 0 Å². The first kappa shape index (κ1) is 20.2. The molecule has 6 nitrogen and oxygen atoms in total. The SMILES string of the molecule is C=C(C)C(=O)OC1C(=O)OC(CC)(CCC)C1C(=O)OC(C)(C)C. The quantitative estimate of drug-likeness (QED) is 0.420. The molecule has 3 atom stereocenters. The van der Waals surface area contributed by atoms with E-state index >= 15 is 0 Å². The highest BCUT2D eigenvalue weighted by Gasteiger charge is 2.60. The zero-order chi connectivity index (χ0) is 18.7. The molecule has 0 aromatic carbocycles. The van der Waals surface area contributed by atoms with Crippen molar-refractivity contribution in [2.75, 3.05) is 0 Å². The molecule has 1 rings (SSSR count). The summed E-state index contributed by atoms with van der Waals surface area (Å²) < 4.78 is 16.2. The maximum atomic E-state index is 12.7. The van der Waals surface area contributed by atoms with Crippen molar-refractivity contribution in [3.8, 4) is 0 Å². The molecule has 1 fully saturated rings. The van der Waals surface area contributed by atoms with Gasteiger partial charge in [-0.3, -0.25) is 4.79 Å². The number of rotatable bonds is 6. The number of carbonyl (C=O) groups is 3. The molecule has 0 radical (unpaired) electrons. The highest BCUT2D eigenvalue weighted by molar-refractivity contribution is 5.93. The van der Waals surface area contributed by atoms with Crippen LogP contribution in [0.1, 0.15) is 60.8 Å².